The molecule has 0 bridgehead atoms. The third-order valence-electron chi connectivity index (χ3n) is 6.38. The number of pyridine rings is 1. The van der Waals surface area contributed by atoms with Gasteiger partial charge < -0.3 is 10.1 Å². The quantitative estimate of drug-likeness (QED) is 0.766. The van der Waals surface area contributed by atoms with E-state index in [4.69, 9.17) is 4.74 Å². The third-order valence-corrected chi connectivity index (χ3v) is 6.38. The number of likely N-dealkylation sites (tertiary alicyclic amines) is 1. The second-order valence-corrected chi connectivity index (χ2v) is 8.30. The Morgan fingerprint density at radius 3 is 2.52 bits per heavy atom. The minimum absolute atomic E-state index is 0.0635. The fraction of sp³-hybridized carbons (Fsp3) is 0.500. The van der Waals surface area contributed by atoms with Crippen molar-refractivity contribution in [1.82, 2.24) is 15.2 Å². The molecule has 1 saturated carbocycles. The van der Waals surface area contributed by atoms with E-state index in [1.54, 1.807) is 12.4 Å². The van der Waals surface area contributed by atoms with Crippen LogP contribution in [0, 0.1) is 0 Å². The molecule has 0 atom stereocenters. The van der Waals surface area contributed by atoms with E-state index in [0.717, 1.165) is 13.1 Å². The number of nitrogens with one attached hydrogen (secondary N) is 1. The van der Waals surface area contributed by atoms with E-state index in [-0.39, 0.29) is 11.4 Å². The van der Waals surface area contributed by atoms with Gasteiger partial charge in [-0.05, 0) is 63.0 Å². The molecule has 2 fully saturated rings. The first-order valence-corrected chi connectivity index (χ1v) is 11.0. The Morgan fingerprint density at radius 1 is 1.00 bits per heavy atom. The van der Waals surface area contributed by atoms with Gasteiger partial charge in [-0.25, -0.2) is 0 Å². The molecule has 154 valence electrons. The van der Waals surface area contributed by atoms with Gasteiger partial charge in [-0.2, -0.15) is 0 Å². The number of benzene rings is 1. The van der Waals surface area contributed by atoms with Crippen LogP contribution in [0.4, 0.5) is 0 Å². The van der Waals surface area contributed by atoms with Crippen molar-refractivity contribution in [3.8, 4) is 11.5 Å². The van der Waals surface area contributed by atoms with Crippen LogP contribution in [0.15, 0.2) is 48.8 Å². The minimum Gasteiger partial charge on any atom is -0.455 e. The molecule has 1 aromatic heterocycles. The van der Waals surface area contributed by atoms with E-state index >= 15 is 0 Å². The summed E-state index contributed by atoms with van der Waals surface area (Å²) in [5, 5.41) is 3.26. The molecule has 1 saturated heterocycles. The second kappa shape index (κ2) is 9.40. The van der Waals surface area contributed by atoms with Crippen molar-refractivity contribution in [2.45, 2.75) is 56.9 Å². The molecule has 2 aliphatic rings. The first kappa shape index (κ1) is 19.9. The van der Waals surface area contributed by atoms with E-state index in [1.165, 1.54) is 51.4 Å². The highest BCUT2D eigenvalue weighted by Gasteiger charge is 2.38. The predicted octanol–water partition coefficient (Wildman–Crippen LogP) is 4.79. The Hall–Kier alpha value is -2.40. The summed E-state index contributed by atoms with van der Waals surface area (Å²) in [5.41, 5.74) is 0.689. The van der Waals surface area contributed by atoms with Crippen molar-refractivity contribution in [3.05, 3.63) is 54.4 Å². The normalized spacial score (nSPS) is 19.4. The molecule has 1 amide bonds. The lowest BCUT2D eigenvalue weighted by Gasteiger charge is -2.48. The van der Waals surface area contributed by atoms with Crippen molar-refractivity contribution in [1.29, 1.82) is 0 Å². The summed E-state index contributed by atoms with van der Waals surface area (Å²) in [4.78, 5) is 19.8. The summed E-state index contributed by atoms with van der Waals surface area (Å²) >= 11 is 0. The van der Waals surface area contributed by atoms with Crippen LogP contribution in [0.3, 0.4) is 0 Å². The van der Waals surface area contributed by atoms with Gasteiger partial charge in [0.25, 0.3) is 5.91 Å². The first-order valence-electron chi connectivity index (χ1n) is 11.0. The minimum atomic E-state index is -0.0635. The number of nitrogens with zero attached hydrogens (tertiary/aromatic N) is 2. The van der Waals surface area contributed by atoms with Crippen LogP contribution in [0.2, 0.25) is 0 Å². The molecule has 2 aromatic rings. The van der Waals surface area contributed by atoms with Crippen LogP contribution in [0.5, 0.6) is 11.5 Å². The van der Waals surface area contributed by atoms with Crippen LogP contribution in [0.1, 0.15) is 61.7 Å². The molecular weight excluding hydrogens is 362 g/mol. The van der Waals surface area contributed by atoms with Crippen LogP contribution < -0.4 is 10.1 Å². The zero-order valence-corrected chi connectivity index (χ0v) is 17.1. The Kier molecular flexibility index (Phi) is 6.45. The average Bonchev–Trinajstić information content (AvgIpc) is 2.80. The number of rotatable bonds is 6. The maximum atomic E-state index is 13.1. The molecule has 5 heteroatoms. The smallest absolute Gasteiger partial charge is 0.255 e. The number of hydrogen-bond acceptors (Lipinski definition) is 4. The number of carbonyl (C=O) groups is 1. The number of carbonyl (C=O) groups excluding carboxylic acids is 1. The molecule has 4 rings (SSSR count). The van der Waals surface area contributed by atoms with Crippen LogP contribution >= 0.6 is 0 Å². The van der Waals surface area contributed by atoms with E-state index in [0.29, 0.717) is 23.6 Å². The predicted molar refractivity (Wildman–Crippen MR) is 114 cm³/mol. The van der Waals surface area contributed by atoms with Gasteiger partial charge in [-0.3, -0.25) is 14.7 Å². The summed E-state index contributed by atoms with van der Waals surface area (Å²) in [7, 11) is 0. The molecule has 5 nitrogen and oxygen atoms in total. The number of aromatic nitrogens is 1. The zero-order valence-electron chi connectivity index (χ0n) is 17.1. The maximum Gasteiger partial charge on any atom is 0.255 e. The first-order chi connectivity index (χ1) is 14.3. The molecule has 0 unspecified atom stereocenters. The van der Waals surface area contributed by atoms with Crippen molar-refractivity contribution in [3.63, 3.8) is 0 Å². The maximum absolute atomic E-state index is 13.1. The van der Waals surface area contributed by atoms with Crippen molar-refractivity contribution in [2.24, 2.45) is 0 Å². The summed E-state index contributed by atoms with van der Waals surface area (Å²) < 4.78 is 5.93. The summed E-state index contributed by atoms with van der Waals surface area (Å²) in [6.45, 7) is 3.04. The van der Waals surface area contributed by atoms with Gasteiger partial charge in [0.1, 0.15) is 11.5 Å². The Morgan fingerprint density at radius 2 is 1.76 bits per heavy atom. The molecule has 29 heavy (non-hydrogen) atoms. The number of amides is 1. The van der Waals surface area contributed by atoms with Gasteiger partial charge in [0.15, 0.2) is 0 Å². The molecular formula is C24H31N3O2. The molecule has 1 N–H and O–H groups in total. The van der Waals surface area contributed by atoms with Gasteiger partial charge >= 0.3 is 0 Å². The Bertz CT molecular complexity index is 797. The zero-order chi connectivity index (χ0) is 19.9. The average molecular weight is 394 g/mol. The number of ether oxygens (including phenoxy) is 1. The SMILES string of the molecule is O=C(NCC1(N2CCCCC2)CCCCC1)c1ccccc1Oc1cccnc1. The van der Waals surface area contributed by atoms with Gasteiger partial charge in [0, 0.05) is 18.3 Å². The molecule has 0 spiro atoms. The van der Waals surface area contributed by atoms with Crippen molar-refractivity contribution in [2.75, 3.05) is 19.6 Å². The van der Waals surface area contributed by atoms with E-state index in [9.17, 15) is 4.79 Å². The van der Waals surface area contributed by atoms with Gasteiger partial charge in [-0.15, -0.1) is 0 Å². The fourth-order valence-corrected chi connectivity index (χ4v) is 4.80. The highest BCUT2D eigenvalue weighted by atomic mass is 16.5. The highest BCUT2D eigenvalue weighted by molar-refractivity contribution is 5.97. The van der Waals surface area contributed by atoms with Crippen LogP contribution in [-0.2, 0) is 0 Å². The summed E-state index contributed by atoms with van der Waals surface area (Å²) in [5.74, 6) is 1.13. The van der Waals surface area contributed by atoms with E-state index in [1.807, 2.05) is 36.4 Å². The van der Waals surface area contributed by atoms with Crippen LogP contribution in [-0.4, -0.2) is 41.0 Å². The lowest BCUT2D eigenvalue weighted by molar-refractivity contribution is 0.0326. The molecule has 1 aromatic carbocycles. The number of hydrogen-bond donors (Lipinski definition) is 1. The van der Waals surface area contributed by atoms with E-state index < -0.39 is 0 Å². The fourth-order valence-electron chi connectivity index (χ4n) is 4.80. The molecule has 0 radical (unpaired) electrons. The summed E-state index contributed by atoms with van der Waals surface area (Å²) in [6, 6.07) is 11.1. The van der Waals surface area contributed by atoms with Crippen molar-refractivity contribution < 1.29 is 9.53 Å². The lowest BCUT2D eigenvalue weighted by atomic mass is 9.79. The lowest BCUT2D eigenvalue weighted by Crippen LogP contribution is -2.58. The second-order valence-electron chi connectivity index (χ2n) is 8.30. The molecule has 2 heterocycles. The summed E-state index contributed by atoms with van der Waals surface area (Å²) in [6.07, 6.45) is 13.4. The monoisotopic (exact) mass is 393 g/mol. The standard InChI is InChI=1S/C24H31N3O2/c28-23(21-11-3-4-12-22(21)29-20-10-9-15-25-18-20)26-19-24(13-5-1-6-14-24)27-16-7-2-8-17-27/h3-4,9-12,15,18H,1-2,5-8,13-14,16-17,19H2,(H,26,28). The molecule has 1 aliphatic heterocycles. The number of para-hydroxylation sites is 1. The number of piperidine rings is 1. The Labute approximate surface area is 173 Å². The van der Waals surface area contributed by atoms with Gasteiger partial charge in [0.05, 0.1) is 11.8 Å². The largest absolute Gasteiger partial charge is 0.455 e. The van der Waals surface area contributed by atoms with E-state index in [2.05, 4.69) is 15.2 Å². The van der Waals surface area contributed by atoms with Crippen molar-refractivity contribution >= 4 is 5.91 Å². The Balaban J connectivity index is 1.47. The third kappa shape index (κ3) is 4.78. The van der Waals surface area contributed by atoms with Gasteiger partial charge in [0.2, 0.25) is 0 Å². The van der Waals surface area contributed by atoms with Gasteiger partial charge in [-0.1, -0.05) is 37.8 Å². The highest BCUT2D eigenvalue weighted by Crippen LogP contribution is 2.35. The van der Waals surface area contributed by atoms with Crippen LogP contribution in [0.25, 0.3) is 0 Å². The molecule has 1 aliphatic carbocycles. The topological polar surface area (TPSA) is 54.5 Å².